The summed E-state index contributed by atoms with van der Waals surface area (Å²) in [6.45, 7) is 3.00. The molecule has 0 fully saturated rings. The number of carboxylic acid groups (broad SMARTS) is 1. The van der Waals surface area contributed by atoms with Crippen LogP contribution in [-0.4, -0.2) is 38.0 Å². The van der Waals surface area contributed by atoms with Crippen LogP contribution in [0.25, 0.3) is 0 Å². The van der Waals surface area contributed by atoms with Gasteiger partial charge in [-0.2, -0.15) is 13.2 Å². The van der Waals surface area contributed by atoms with E-state index in [4.69, 9.17) is 27.9 Å². The lowest BCUT2D eigenvalue weighted by Gasteiger charge is -2.28. The summed E-state index contributed by atoms with van der Waals surface area (Å²) in [6, 6.07) is 7.32. The van der Waals surface area contributed by atoms with Gasteiger partial charge in [-0.1, -0.05) is 23.2 Å². The Hall–Kier alpha value is -4.49. The summed E-state index contributed by atoms with van der Waals surface area (Å²) in [7, 11) is 0. The summed E-state index contributed by atoms with van der Waals surface area (Å²) < 4.78 is 62.5. The topological polar surface area (TPSA) is 118 Å². The largest absolute Gasteiger partial charge is 0.478 e. The monoisotopic (exact) mass is 637 g/mol. The first-order chi connectivity index (χ1) is 20.3. The van der Waals surface area contributed by atoms with Crippen LogP contribution < -0.4 is 15.0 Å². The lowest BCUT2D eigenvalue weighted by molar-refractivity contribution is -0.139. The van der Waals surface area contributed by atoms with E-state index >= 15 is 4.39 Å². The Labute approximate surface area is 252 Å². The number of halogens is 6. The van der Waals surface area contributed by atoms with E-state index in [1.165, 1.54) is 24.5 Å². The van der Waals surface area contributed by atoms with Crippen molar-refractivity contribution in [3.63, 3.8) is 0 Å². The van der Waals surface area contributed by atoms with Crippen molar-refractivity contribution in [3.05, 3.63) is 99.4 Å². The molecular formula is C28H21Cl2F4N5O4. The van der Waals surface area contributed by atoms with Crippen LogP contribution in [0.1, 0.15) is 45.8 Å². The molecule has 0 bridgehead atoms. The fraction of sp³-hybridized carbons (Fsp3) is 0.179. The molecule has 4 aromatic rings. The molecule has 0 radical (unpaired) electrons. The first-order valence-electron chi connectivity index (χ1n) is 12.4. The average Bonchev–Trinajstić information content (AvgIpc) is 2.94. The van der Waals surface area contributed by atoms with E-state index in [-0.39, 0.29) is 33.7 Å². The smallest absolute Gasteiger partial charge is 0.421 e. The minimum atomic E-state index is -4.97. The molecule has 3 heterocycles. The Bertz CT molecular complexity index is 1670. The lowest BCUT2D eigenvalue weighted by Crippen LogP contribution is -2.38. The number of alkyl halides is 3. The summed E-state index contributed by atoms with van der Waals surface area (Å²) in [5.74, 6) is -5.47. The highest BCUT2D eigenvalue weighted by Gasteiger charge is 2.37. The number of rotatable bonds is 9. The minimum Gasteiger partial charge on any atom is -0.478 e. The van der Waals surface area contributed by atoms with E-state index in [9.17, 15) is 27.9 Å². The van der Waals surface area contributed by atoms with Crippen molar-refractivity contribution in [3.8, 4) is 11.6 Å². The highest BCUT2D eigenvalue weighted by atomic mass is 35.5. The van der Waals surface area contributed by atoms with Crippen LogP contribution in [-0.2, 0) is 12.7 Å². The number of carbonyl (C=O) groups excluding carboxylic acids is 1. The maximum atomic E-state index is 15.3. The number of nitrogens with zero attached hydrogens (tertiary/aromatic N) is 4. The zero-order valence-corrected chi connectivity index (χ0v) is 23.8. The predicted molar refractivity (Wildman–Crippen MR) is 150 cm³/mol. The van der Waals surface area contributed by atoms with Gasteiger partial charge in [0.1, 0.15) is 11.3 Å². The molecule has 1 amide bonds. The molecule has 43 heavy (non-hydrogen) atoms. The summed E-state index contributed by atoms with van der Waals surface area (Å²) in [4.78, 5) is 37.9. The second-order valence-corrected chi connectivity index (χ2v) is 10.0. The fourth-order valence-corrected chi connectivity index (χ4v) is 4.23. The van der Waals surface area contributed by atoms with E-state index in [0.717, 1.165) is 17.2 Å². The predicted octanol–water partition coefficient (Wildman–Crippen LogP) is 7.49. The molecule has 0 spiro atoms. The van der Waals surface area contributed by atoms with Crippen molar-refractivity contribution >= 4 is 46.5 Å². The molecule has 0 unspecified atom stereocenters. The van der Waals surface area contributed by atoms with E-state index in [1.54, 1.807) is 26.0 Å². The third-order valence-electron chi connectivity index (χ3n) is 5.88. The number of ether oxygens (including phenoxy) is 1. The Balaban J connectivity index is 1.70. The molecule has 3 aromatic heterocycles. The molecule has 0 aliphatic heterocycles. The molecule has 224 valence electrons. The van der Waals surface area contributed by atoms with Gasteiger partial charge in [-0.25, -0.2) is 24.1 Å². The zero-order chi connectivity index (χ0) is 31.5. The number of amides is 1. The highest BCUT2D eigenvalue weighted by Crippen LogP contribution is 2.39. The molecule has 0 saturated heterocycles. The van der Waals surface area contributed by atoms with Gasteiger partial charge >= 0.3 is 12.1 Å². The molecule has 0 aliphatic rings. The molecule has 4 rings (SSSR count). The summed E-state index contributed by atoms with van der Waals surface area (Å²) >= 11 is 11.8. The Morgan fingerprint density at radius 3 is 2.42 bits per heavy atom. The lowest BCUT2D eigenvalue weighted by atomic mass is 10.1. The summed E-state index contributed by atoms with van der Waals surface area (Å²) in [5.41, 5.74) is -1.96. The quantitative estimate of drug-likeness (QED) is 0.143. The SMILES string of the molecule is CC(C)N(C(=O)c1ccc(Cl)cn1)c1cc(F)c(Oc2ncc(CNc3cccnc3Cl)cc2C(F)(F)F)cc1C(=O)O. The molecular weight excluding hydrogens is 617 g/mol. The number of hydrogen-bond acceptors (Lipinski definition) is 7. The fourth-order valence-electron chi connectivity index (χ4n) is 3.94. The number of aromatic nitrogens is 3. The van der Waals surface area contributed by atoms with Crippen molar-refractivity contribution in [1.29, 1.82) is 0 Å². The number of carbonyl (C=O) groups is 2. The first-order valence-corrected chi connectivity index (χ1v) is 13.1. The van der Waals surface area contributed by atoms with Crippen LogP contribution in [0.2, 0.25) is 10.2 Å². The Kier molecular flexibility index (Phi) is 9.36. The van der Waals surface area contributed by atoms with Crippen LogP contribution >= 0.6 is 23.2 Å². The van der Waals surface area contributed by atoms with Gasteiger partial charge < -0.3 is 20.1 Å². The number of aromatic carboxylic acids is 1. The van der Waals surface area contributed by atoms with E-state index in [2.05, 4.69) is 20.3 Å². The molecule has 1 aromatic carbocycles. The normalized spacial score (nSPS) is 11.4. The van der Waals surface area contributed by atoms with E-state index in [0.29, 0.717) is 17.8 Å². The molecule has 0 saturated carbocycles. The van der Waals surface area contributed by atoms with Crippen molar-refractivity contribution in [2.45, 2.75) is 32.6 Å². The number of nitrogens with one attached hydrogen (secondary N) is 1. The minimum absolute atomic E-state index is 0.0866. The van der Waals surface area contributed by atoms with Gasteiger partial charge in [0, 0.05) is 43.3 Å². The number of anilines is 2. The maximum absolute atomic E-state index is 15.3. The summed E-state index contributed by atoms with van der Waals surface area (Å²) in [6.07, 6.45) is -1.24. The van der Waals surface area contributed by atoms with Crippen LogP contribution in [0.3, 0.4) is 0 Å². The van der Waals surface area contributed by atoms with Crippen LogP contribution in [0, 0.1) is 5.82 Å². The summed E-state index contributed by atoms with van der Waals surface area (Å²) in [5, 5.41) is 13.1. The average molecular weight is 638 g/mol. The van der Waals surface area contributed by atoms with Gasteiger partial charge in [0.25, 0.3) is 5.91 Å². The van der Waals surface area contributed by atoms with Crippen LogP contribution in [0.4, 0.5) is 28.9 Å². The van der Waals surface area contributed by atoms with Gasteiger partial charge in [0.2, 0.25) is 5.88 Å². The standard InChI is InChI=1S/C28H21Cl2F4N5O4/c1-14(2)39(26(40)21-6-5-16(29)13-37-21)22-10-19(31)23(9-17(22)27(41)42)43-25-18(28(32,33)34)8-15(12-38-25)11-36-20-4-3-7-35-24(20)30/h3-10,12-14,36H,11H2,1-2H3,(H,41,42). The molecule has 0 atom stereocenters. The van der Waals surface area contributed by atoms with E-state index < -0.39 is 52.7 Å². The number of benzene rings is 1. The van der Waals surface area contributed by atoms with E-state index in [1.807, 2.05) is 0 Å². The second kappa shape index (κ2) is 12.8. The van der Waals surface area contributed by atoms with Gasteiger partial charge in [0.05, 0.1) is 22.0 Å². The van der Waals surface area contributed by atoms with Crippen molar-refractivity contribution < 1.29 is 37.0 Å². The van der Waals surface area contributed by atoms with Gasteiger partial charge in [-0.05, 0) is 49.7 Å². The van der Waals surface area contributed by atoms with Crippen LogP contribution in [0.5, 0.6) is 11.6 Å². The molecule has 9 nitrogen and oxygen atoms in total. The third kappa shape index (κ3) is 7.30. The second-order valence-electron chi connectivity index (χ2n) is 9.23. The highest BCUT2D eigenvalue weighted by molar-refractivity contribution is 6.32. The third-order valence-corrected chi connectivity index (χ3v) is 6.41. The Morgan fingerprint density at radius 2 is 1.81 bits per heavy atom. The van der Waals surface area contributed by atoms with Crippen molar-refractivity contribution in [2.75, 3.05) is 10.2 Å². The van der Waals surface area contributed by atoms with Gasteiger partial charge in [-0.3, -0.25) is 4.79 Å². The molecule has 2 N–H and O–H groups in total. The molecule has 15 heteroatoms. The van der Waals surface area contributed by atoms with Crippen LogP contribution in [0.15, 0.2) is 61.1 Å². The molecule has 0 aliphatic carbocycles. The van der Waals surface area contributed by atoms with Crippen molar-refractivity contribution in [1.82, 2.24) is 15.0 Å². The van der Waals surface area contributed by atoms with Gasteiger partial charge in [0.15, 0.2) is 16.7 Å². The zero-order valence-electron chi connectivity index (χ0n) is 22.3. The number of pyridine rings is 3. The van der Waals surface area contributed by atoms with Crippen molar-refractivity contribution in [2.24, 2.45) is 0 Å². The maximum Gasteiger partial charge on any atom is 0.421 e. The number of carboxylic acids is 1. The first kappa shape index (κ1) is 31.4. The number of hydrogen-bond donors (Lipinski definition) is 2. The van der Waals surface area contributed by atoms with Gasteiger partial charge in [-0.15, -0.1) is 0 Å². The Morgan fingerprint density at radius 1 is 1.07 bits per heavy atom.